The maximum Gasteiger partial charge on any atom is 0.407 e. The summed E-state index contributed by atoms with van der Waals surface area (Å²) in [6, 6.07) is 0. The van der Waals surface area contributed by atoms with Gasteiger partial charge in [0.2, 0.25) is 0 Å². The average molecular weight is 292 g/mol. The van der Waals surface area contributed by atoms with E-state index in [1.807, 2.05) is 0 Å². The Kier molecular flexibility index (Phi) is 8.60. The van der Waals surface area contributed by atoms with Gasteiger partial charge in [0.15, 0.2) is 0 Å². The third-order valence-corrected chi connectivity index (χ3v) is 1.39. The summed E-state index contributed by atoms with van der Waals surface area (Å²) in [5.41, 5.74) is 0. The van der Waals surface area contributed by atoms with Crippen LogP contribution in [-0.2, 0) is 0 Å². The lowest BCUT2D eigenvalue weighted by molar-refractivity contribution is 0.139. The third-order valence-electron chi connectivity index (χ3n) is 1.39. The molecule has 0 aromatic heterocycles. The number of amides is 1. The second-order valence-electron chi connectivity index (χ2n) is 2.02. The minimum absolute atomic E-state index is 0. The highest BCUT2D eigenvalue weighted by Crippen LogP contribution is 1.90. The standard InChI is InChI=1S/C5H10N2O2.2BrH/c8-5(9)7-3-1-6-2-4-7;;/h6H,1-4H2,(H,8,9);2*1H. The molecule has 68 valence electrons. The van der Waals surface area contributed by atoms with E-state index in [2.05, 4.69) is 5.32 Å². The van der Waals surface area contributed by atoms with Crippen LogP contribution in [0.3, 0.4) is 0 Å². The smallest absolute Gasteiger partial charge is 0.407 e. The molecule has 11 heavy (non-hydrogen) atoms. The number of nitrogens with one attached hydrogen (secondary N) is 1. The largest absolute Gasteiger partial charge is 0.465 e. The van der Waals surface area contributed by atoms with Crippen LogP contribution in [-0.4, -0.2) is 42.3 Å². The van der Waals surface area contributed by atoms with Gasteiger partial charge in [-0.1, -0.05) is 0 Å². The van der Waals surface area contributed by atoms with Crippen molar-refractivity contribution in [3.63, 3.8) is 0 Å². The fraction of sp³-hybridized carbons (Fsp3) is 0.800. The van der Waals surface area contributed by atoms with Crippen LogP contribution in [0.4, 0.5) is 4.79 Å². The third kappa shape index (κ3) is 4.60. The van der Waals surface area contributed by atoms with E-state index in [4.69, 9.17) is 5.11 Å². The summed E-state index contributed by atoms with van der Waals surface area (Å²) in [7, 11) is 0. The van der Waals surface area contributed by atoms with Gasteiger partial charge in [0.05, 0.1) is 0 Å². The first-order chi connectivity index (χ1) is 4.30. The topological polar surface area (TPSA) is 52.6 Å². The van der Waals surface area contributed by atoms with E-state index in [0.717, 1.165) is 13.1 Å². The monoisotopic (exact) mass is 290 g/mol. The lowest BCUT2D eigenvalue weighted by Crippen LogP contribution is -2.45. The molecule has 0 aliphatic carbocycles. The van der Waals surface area contributed by atoms with Crippen molar-refractivity contribution in [2.75, 3.05) is 26.2 Å². The molecule has 1 aliphatic rings. The Morgan fingerprint density at radius 3 is 2.00 bits per heavy atom. The van der Waals surface area contributed by atoms with Gasteiger partial charge in [0.1, 0.15) is 0 Å². The van der Waals surface area contributed by atoms with E-state index in [0.29, 0.717) is 13.1 Å². The Hall–Kier alpha value is 0.190. The molecule has 1 amide bonds. The molecule has 0 atom stereocenters. The molecule has 2 N–H and O–H groups in total. The Morgan fingerprint density at radius 1 is 1.27 bits per heavy atom. The van der Waals surface area contributed by atoms with Crippen LogP contribution in [0.2, 0.25) is 0 Å². The molecule has 1 heterocycles. The highest BCUT2D eigenvalue weighted by Gasteiger charge is 2.13. The van der Waals surface area contributed by atoms with Gasteiger partial charge in [-0.25, -0.2) is 4.79 Å². The summed E-state index contributed by atoms with van der Waals surface area (Å²) < 4.78 is 0. The van der Waals surface area contributed by atoms with E-state index >= 15 is 0 Å². The maximum atomic E-state index is 10.3. The van der Waals surface area contributed by atoms with Gasteiger partial charge in [-0.05, 0) is 0 Å². The number of nitrogens with zero attached hydrogens (tertiary/aromatic N) is 1. The fourth-order valence-electron chi connectivity index (χ4n) is 0.856. The van der Waals surface area contributed by atoms with Gasteiger partial charge in [0, 0.05) is 26.2 Å². The lowest BCUT2D eigenvalue weighted by atomic mass is 10.4. The number of carbonyl (C=O) groups is 1. The van der Waals surface area contributed by atoms with Crippen molar-refractivity contribution in [3.05, 3.63) is 0 Å². The molecule has 4 nitrogen and oxygen atoms in total. The van der Waals surface area contributed by atoms with Crippen LogP contribution in [0.15, 0.2) is 0 Å². The summed E-state index contributed by atoms with van der Waals surface area (Å²) >= 11 is 0. The molecular weight excluding hydrogens is 280 g/mol. The molecule has 0 radical (unpaired) electrons. The van der Waals surface area contributed by atoms with Crippen molar-refractivity contribution in [1.29, 1.82) is 0 Å². The molecule has 1 aliphatic heterocycles. The van der Waals surface area contributed by atoms with Crippen LogP contribution >= 0.6 is 34.0 Å². The number of carboxylic acid groups (broad SMARTS) is 1. The second-order valence-corrected chi connectivity index (χ2v) is 2.02. The number of hydrogen-bond acceptors (Lipinski definition) is 2. The quantitative estimate of drug-likeness (QED) is 0.692. The summed E-state index contributed by atoms with van der Waals surface area (Å²) in [5.74, 6) is 0. The molecule has 1 rings (SSSR count). The summed E-state index contributed by atoms with van der Waals surface area (Å²) in [5, 5.41) is 11.5. The Balaban J connectivity index is 0. The fourth-order valence-corrected chi connectivity index (χ4v) is 0.856. The molecule has 0 unspecified atom stereocenters. The number of halogens is 2. The van der Waals surface area contributed by atoms with Crippen LogP contribution in [0.25, 0.3) is 0 Å². The van der Waals surface area contributed by atoms with Crippen LogP contribution < -0.4 is 5.32 Å². The zero-order chi connectivity index (χ0) is 6.69. The van der Waals surface area contributed by atoms with E-state index in [1.54, 1.807) is 0 Å². The van der Waals surface area contributed by atoms with E-state index < -0.39 is 6.09 Å². The normalized spacial score (nSPS) is 16.2. The molecule has 0 bridgehead atoms. The van der Waals surface area contributed by atoms with Gasteiger partial charge in [-0.2, -0.15) is 0 Å². The lowest BCUT2D eigenvalue weighted by Gasteiger charge is -2.23. The molecule has 0 spiro atoms. The molecule has 1 saturated heterocycles. The highest BCUT2D eigenvalue weighted by molar-refractivity contribution is 8.93. The molecule has 1 fully saturated rings. The van der Waals surface area contributed by atoms with Gasteiger partial charge in [-0.15, -0.1) is 34.0 Å². The first kappa shape index (κ1) is 13.8. The van der Waals surface area contributed by atoms with Gasteiger partial charge >= 0.3 is 6.09 Å². The van der Waals surface area contributed by atoms with E-state index in [1.165, 1.54) is 4.90 Å². The van der Waals surface area contributed by atoms with Crippen molar-refractivity contribution in [1.82, 2.24) is 10.2 Å². The molecular formula is C5H12Br2N2O2. The van der Waals surface area contributed by atoms with Crippen molar-refractivity contribution in [3.8, 4) is 0 Å². The van der Waals surface area contributed by atoms with Gasteiger partial charge in [-0.3, -0.25) is 0 Å². The van der Waals surface area contributed by atoms with E-state index in [-0.39, 0.29) is 34.0 Å². The van der Waals surface area contributed by atoms with Crippen LogP contribution in [0.5, 0.6) is 0 Å². The number of piperazine rings is 1. The Morgan fingerprint density at radius 2 is 1.73 bits per heavy atom. The Bertz CT molecular complexity index is 117. The van der Waals surface area contributed by atoms with Crippen LogP contribution in [0, 0.1) is 0 Å². The Labute approximate surface area is 86.5 Å². The van der Waals surface area contributed by atoms with Crippen molar-refractivity contribution >= 4 is 40.1 Å². The van der Waals surface area contributed by atoms with Crippen molar-refractivity contribution in [2.24, 2.45) is 0 Å². The highest BCUT2D eigenvalue weighted by atomic mass is 79.9. The van der Waals surface area contributed by atoms with Gasteiger partial charge in [0.25, 0.3) is 0 Å². The molecule has 0 saturated carbocycles. The zero-order valence-electron chi connectivity index (χ0n) is 5.95. The molecule has 0 aromatic rings. The summed E-state index contributed by atoms with van der Waals surface area (Å²) in [4.78, 5) is 11.7. The second kappa shape index (κ2) is 6.87. The summed E-state index contributed by atoms with van der Waals surface area (Å²) in [6.45, 7) is 2.81. The maximum absolute atomic E-state index is 10.3. The first-order valence-corrected chi connectivity index (χ1v) is 2.99. The van der Waals surface area contributed by atoms with Crippen molar-refractivity contribution in [2.45, 2.75) is 0 Å². The van der Waals surface area contributed by atoms with Crippen molar-refractivity contribution < 1.29 is 9.90 Å². The zero-order valence-corrected chi connectivity index (χ0v) is 9.37. The first-order valence-electron chi connectivity index (χ1n) is 2.99. The van der Waals surface area contributed by atoms with Gasteiger partial charge < -0.3 is 15.3 Å². The average Bonchev–Trinajstić information content (AvgIpc) is 1.90. The van der Waals surface area contributed by atoms with E-state index in [9.17, 15) is 4.79 Å². The number of hydrogen-bond donors (Lipinski definition) is 2. The number of rotatable bonds is 0. The molecule has 0 aromatic carbocycles. The molecule has 6 heteroatoms. The van der Waals surface area contributed by atoms with Crippen LogP contribution in [0.1, 0.15) is 0 Å². The SMILES string of the molecule is Br.Br.O=C(O)N1CCNCC1. The summed E-state index contributed by atoms with van der Waals surface area (Å²) in [6.07, 6.45) is -0.809. The predicted octanol–water partition coefficient (Wildman–Crippen LogP) is 0.725. The minimum Gasteiger partial charge on any atom is -0.465 e. The predicted molar refractivity (Wildman–Crippen MR) is 53.1 cm³/mol. The minimum atomic E-state index is -0.809.